The average Bonchev–Trinajstić information content (AvgIpc) is 2.36. The van der Waals surface area contributed by atoms with Crippen LogP contribution in [0.3, 0.4) is 0 Å². The van der Waals surface area contributed by atoms with Crippen molar-refractivity contribution in [1.82, 2.24) is 4.72 Å². The first-order valence-electron chi connectivity index (χ1n) is 5.98. The third kappa shape index (κ3) is 6.12. The lowest BCUT2D eigenvalue weighted by Gasteiger charge is -2.08. The topological polar surface area (TPSA) is 46.2 Å². The van der Waals surface area contributed by atoms with Crippen molar-refractivity contribution in [2.24, 2.45) is 0 Å². The number of hydrogen-bond donors (Lipinski definition) is 1. The number of nitrogens with one attached hydrogen (secondary N) is 1. The molecule has 0 aliphatic rings. The molecule has 1 aromatic carbocycles. The molecule has 108 valence electrons. The Morgan fingerprint density at radius 2 is 1.79 bits per heavy atom. The summed E-state index contributed by atoms with van der Waals surface area (Å²) < 4.78 is 28.1. The molecule has 0 heterocycles. The van der Waals surface area contributed by atoms with E-state index in [1.807, 2.05) is 0 Å². The van der Waals surface area contributed by atoms with Gasteiger partial charge in [0.2, 0.25) is 10.0 Å². The lowest BCUT2D eigenvalue weighted by atomic mass is 10.2. The fourth-order valence-corrected chi connectivity index (χ4v) is 4.30. The molecule has 19 heavy (non-hydrogen) atoms. The third-order valence-corrected chi connectivity index (χ3v) is 5.75. The predicted molar refractivity (Wildman–Crippen MR) is 86.2 cm³/mol. The second kappa shape index (κ2) is 8.62. The summed E-state index contributed by atoms with van der Waals surface area (Å²) >= 11 is 12.1. The Balaban J connectivity index is 2.54. The zero-order chi connectivity index (χ0) is 14.3. The molecule has 0 aliphatic carbocycles. The van der Waals surface area contributed by atoms with Crippen LogP contribution in [0.1, 0.15) is 25.7 Å². The summed E-state index contributed by atoms with van der Waals surface area (Å²) in [5.74, 6) is 0.663. The Hall–Kier alpha value is 0.380. The zero-order valence-corrected chi connectivity index (χ0v) is 15.1. The number of halogens is 3. The Bertz CT molecular complexity index is 508. The number of sulfonamides is 1. The first-order valence-corrected chi connectivity index (χ1v) is 9.58. The summed E-state index contributed by atoms with van der Waals surface area (Å²) in [7, 11) is -3.46. The Labute approximate surface area is 136 Å². The maximum absolute atomic E-state index is 12.1. The molecule has 0 aliphatic heterocycles. The molecule has 0 spiro atoms. The van der Waals surface area contributed by atoms with Crippen LogP contribution in [-0.4, -0.2) is 20.8 Å². The van der Waals surface area contributed by atoms with Gasteiger partial charge in [-0.3, -0.25) is 0 Å². The van der Waals surface area contributed by atoms with Gasteiger partial charge in [0.25, 0.3) is 0 Å². The van der Waals surface area contributed by atoms with Crippen molar-refractivity contribution in [3.8, 4) is 0 Å². The maximum atomic E-state index is 12.1. The van der Waals surface area contributed by atoms with Crippen LogP contribution >= 0.6 is 43.5 Å². The highest BCUT2D eigenvalue weighted by Gasteiger charge is 2.17. The molecule has 7 heteroatoms. The number of unbranched alkanes of at least 4 members (excludes halogenated alkanes) is 3. The molecule has 0 atom stereocenters. The van der Waals surface area contributed by atoms with Crippen molar-refractivity contribution in [1.29, 1.82) is 0 Å². The first kappa shape index (κ1) is 17.4. The van der Waals surface area contributed by atoms with Gasteiger partial charge in [0, 0.05) is 21.4 Å². The van der Waals surface area contributed by atoms with Crippen LogP contribution in [-0.2, 0) is 10.0 Å². The van der Waals surface area contributed by atoms with Crippen LogP contribution in [0.2, 0.25) is 0 Å². The van der Waals surface area contributed by atoms with Crippen molar-refractivity contribution in [3.63, 3.8) is 0 Å². The highest BCUT2D eigenvalue weighted by atomic mass is 79.9. The monoisotopic (exact) mass is 431 g/mol. The van der Waals surface area contributed by atoms with E-state index < -0.39 is 10.0 Å². The van der Waals surface area contributed by atoms with Gasteiger partial charge in [-0.1, -0.05) is 28.8 Å². The van der Waals surface area contributed by atoms with Gasteiger partial charge in [-0.05, 0) is 47.0 Å². The molecule has 0 saturated heterocycles. The third-order valence-electron chi connectivity index (χ3n) is 2.54. The van der Waals surface area contributed by atoms with Gasteiger partial charge >= 0.3 is 0 Å². The lowest BCUT2D eigenvalue weighted by Crippen LogP contribution is -2.25. The van der Waals surface area contributed by atoms with Crippen molar-refractivity contribution in [2.75, 3.05) is 12.4 Å². The molecule has 1 aromatic rings. The van der Waals surface area contributed by atoms with E-state index in [0.29, 0.717) is 16.9 Å². The molecule has 0 aromatic heterocycles. The molecule has 0 saturated carbocycles. The normalized spacial score (nSPS) is 11.7. The quantitative estimate of drug-likeness (QED) is 0.491. The van der Waals surface area contributed by atoms with Gasteiger partial charge in [-0.25, -0.2) is 13.1 Å². The SMILES string of the molecule is O=S(=O)(NCCCCCCCl)c1cc(Br)ccc1Br. The summed E-state index contributed by atoms with van der Waals surface area (Å²) in [4.78, 5) is 0.252. The van der Waals surface area contributed by atoms with Crippen LogP contribution in [0.5, 0.6) is 0 Å². The number of hydrogen-bond acceptors (Lipinski definition) is 2. The van der Waals surface area contributed by atoms with Gasteiger partial charge in [0.05, 0.1) is 4.90 Å². The summed E-state index contributed by atoms with van der Waals surface area (Å²) in [5.41, 5.74) is 0. The van der Waals surface area contributed by atoms with Gasteiger partial charge in [-0.2, -0.15) is 0 Å². The van der Waals surface area contributed by atoms with Gasteiger partial charge in [0.1, 0.15) is 0 Å². The number of rotatable bonds is 8. The van der Waals surface area contributed by atoms with Crippen molar-refractivity contribution in [2.45, 2.75) is 30.6 Å². The molecule has 1 rings (SSSR count). The average molecular weight is 434 g/mol. The zero-order valence-electron chi connectivity index (χ0n) is 10.3. The van der Waals surface area contributed by atoms with Crippen molar-refractivity contribution < 1.29 is 8.42 Å². The fourth-order valence-electron chi connectivity index (χ4n) is 1.54. The second-order valence-electron chi connectivity index (χ2n) is 4.08. The standard InChI is InChI=1S/C12H16Br2ClNO2S/c13-10-5-6-11(14)12(9-10)19(17,18)16-8-4-2-1-3-7-15/h5-6,9,16H,1-4,7-8H2. The van der Waals surface area contributed by atoms with Gasteiger partial charge < -0.3 is 0 Å². The van der Waals surface area contributed by atoms with Crippen LogP contribution in [0.4, 0.5) is 0 Å². The van der Waals surface area contributed by atoms with Crippen molar-refractivity contribution in [3.05, 3.63) is 27.1 Å². The molecule has 0 amide bonds. The smallest absolute Gasteiger partial charge is 0.211 e. The molecule has 0 bridgehead atoms. The van der Waals surface area contributed by atoms with Crippen LogP contribution in [0, 0.1) is 0 Å². The molecule has 0 unspecified atom stereocenters. The highest BCUT2D eigenvalue weighted by molar-refractivity contribution is 9.11. The predicted octanol–water partition coefficient (Wildman–Crippen LogP) is 4.29. The first-order chi connectivity index (χ1) is 8.97. The number of benzene rings is 1. The summed E-state index contributed by atoms with van der Waals surface area (Å²) in [6, 6.07) is 5.08. The van der Waals surface area contributed by atoms with E-state index in [9.17, 15) is 8.42 Å². The van der Waals surface area contributed by atoms with E-state index in [2.05, 4.69) is 36.6 Å². The molecule has 0 radical (unpaired) electrons. The maximum Gasteiger partial charge on any atom is 0.241 e. The molecular formula is C12H16Br2ClNO2S. The van der Waals surface area contributed by atoms with Crippen LogP contribution in [0.15, 0.2) is 32.0 Å². The minimum absolute atomic E-state index is 0.252. The fraction of sp³-hybridized carbons (Fsp3) is 0.500. The second-order valence-corrected chi connectivity index (χ2v) is 7.96. The highest BCUT2D eigenvalue weighted by Crippen LogP contribution is 2.25. The summed E-state index contributed by atoms with van der Waals surface area (Å²) in [6.45, 7) is 0.448. The number of alkyl halides is 1. The van der Waals surface area contributed by atoms with E-state index in [1.54, 1.807) is 18.2 Å². The summed E-state index contributed by atoms with van der Waals surface area (Å²) in [6.07, 6.45) is 3.81. The Morgan fingerprint density at radius 3 is 2.47 bits per heavy atom. The minimum Gasteiger partial charge on any atom is -0.211 e. The van der Waals surface area contributed by atoms with E-state index in [4.69, 9.17) is 11.6 Å². The van der Waals surface area contributed by atoms with E-state index in [-0.39, 0.29) is 4.90 Å². The van der Waals surface area contributed by atoms with E-state index in [0.717, 1.165) is 30.2 Å². The largest absolute Gasteiger partial charge is 0.241 e. The van der Waals surface area contributed by atoms with E-state index >= 15 is 0 Å². The molecule has 3 nitrogen and oxygen atoms in total. The van der Waals surface area contributed by atoms with Crippen LogP contribution < -0.4 is 4.72 Å². The lowest BCUT2D eigenvalue weighted by molar-refractivity contribution is 0.573. The molecular weight excluding hydrogens is 417 g/mol. The molecule has 1 N–H and O–H groups in total. The van der Waals surface area contributed by atoms with E-state index in [1.165, 1.54) is 0 Å². The molecule has 0 fully saturated rings. The minimum atomic E-state index is -3.46. The summed E-state index contributed by atoms with van der Waals surface area (Å²) in [5, 5.41) is 0. The van der Waals surface area contributed by atoms with Crippen molar-refractivity contribution >= 4 is 53.5 Å². The Morgan fingerprint density at radius 1 is 1.11 bits per heavy atom. The van der Waals surface area contributed by atoms with Crippen LogP contribution in [0.25, 0.3) is 0 Å². The van der Waals surface area contributed by atoms with Gasteiger partial charge in [0.15, 0.2) is 0 Å². The van der Waals surface area contributed by atoms with Gasteiger partial charge in [-0.15, -0.1) is 11.6 Å². The Kier molecular flexibility index (Phi) is 7.91.